The fourth-order valence-corrected chi connectivity index (χ4v) is 12.4. The summed E-state index contributed by atoms with van der Waals surface area (Å²) >= 11 is 1.40. The summed E-state index contributed by atoms with van der Waals surface area (Å²) in [5.41, 5.74) is 18.0. The molecule has 0 aliphatic rings. The Labute approximate surface area is 668 Å². The fourth-order valence-electron chi connectivity index (χ4n) is 11.9. The fraction of sp³-hybridized carbons (Fsp3) is 0.734. The van der Waals surface area contributed by atoms with E-state index < -0.39 is 185 Å². The second-order valence-electron chi connectivity index (χ2n) is 31.4. The lowest BCUT2D eigenvalue weighted by molar-refractivity contribution is -0.137. The molecule has 1 aromatic carbocycles. The van der Waals surface area contributed by atoms with Crippen molar-refractivity contribution < 1.29 is 77.6 Å². The largest absolute Gasteiger partial charge is 0.508 e. The Morgan fingerprint density at radius 3 is 1.16 bits per heavy atom. The number of carbonyl (C=O) groups is 13. The third-order valence-corrected chi connectivity index (χ3v) is 20.2. The van der Waals surface area contributed by atoms with Gasteiger partial charge in [0.2, 0.25) is 65.0 Å². The minimum Gasteiger partial charge on any atom is -0.508 e. The van der Waals surface area contributed by atoms with Crippen LogP contribution in [0.5, 0.6) is 5.75 Å². The molecule has 4 unspecified atom stereocenters. The smallest absolute Gasteiger partial charge is 0.268 e. The number of aliphatic hydroxyl groups excluding tert-OH is 2. The highest BCUT2D eigenvalue weighted by molar-refractivity contribution is 7.98. The molecule has 0 saturated heterocycles. The van der Waals surface area contributed by atoms with Crippen LogP contribution in [0.1, 0.15) is 207 Å². The van der Waals surface area contributed by atoms with Crippen LogP contribution in [-0.2, 0) is 68.7 Å². The molecule has 33 heteroatoms. The first-order valence-electron chi connectivity index (χ1n) is 40.0. The van der Waals surface area contributed by atoms with Gasteiger partial charge in [-0.25, -0.2) is 0 Å². The molecule has 0 aromatic heterocycles. The first kappa shape index (κ1) is 102. The highest BCUT2D eigenvalue weighted by Crippen LogP contribution is 2.19. The lowest BCUT2D eigenvalue weighted by Gasteiger charge is -2.31. The van der Waals surface area contributed by atoms with Crippen LogP contribution in [0, 0.1) is 47.3 Å². The van der Waals surface area contributed by atoms with Crippen molar-refractivity contribution in [2.45, 2.75) is 286 Å². The number of aromatic hydroxyl groups is 1. The van der Waals surface area contributed by atoms with Gasteiger partial charge in [-0.2, -0.15) is 11.8 Å². The molecule has 638 valence electrons. The van der Waals surface area contributed by atoms with Crippen molar-refractivity contribution in [3.8, 4) is 5.75 Å². The summed E-state index contributed by atoms with van der Waals surface area (Å²) in [6.45, 7) is 29.8. The molecule has 0 fully saturated rings. The maximum Gasteiger partial charge on any atom is 0.268 e. The third-order valence-electron chi connectivity index (χ3n) is 19.5. The number of aliphatic hydroxyl groups is 2. The van der Waals surface area contributed by atoms with Crippen LogP contribution in [0.25, 0.3) is 0 Å². The van der Waals surface area contributed by atoms with E-state index >= 15 is 0 Å². The average molecular weight is 1600 g/mol. The normalized spacial score (nSPS) is 15.8. The zero-order chi connectivity index (χ0) is 85.2. The number of phenols is 1. The molecule has 0 heterocycles. The van der Waals surface area contributed by atoms with Crippen molar-refractivity contribution in [2.24, 2.45) is 64.5 Å². The maximum absolute atomic E-state index is 14.7. The molecule has 0 aliphatic carbocycles. The van der Waals surface area contributed by atoms with Gasteiger partial charge in [0.1, 0.15) is 84.0 Å². The molecular weight excluding hydrogens is 1460 g/mol. The number of benzene rings is 1. The summed E-state index contributed by atoms with van der Waals surface area (Å²) in [4.78, 5) is 186. The number of nitrogens with one attached hydrogen (secondary N) is 13. The van der Waals surface area contributed by atoms with E-state index in [1.54, 1.807) is 87.6 Å². The van der Waals surface area contributed by atoms with Crippen molar-refractivity contribution >= 4 is 88.6 Å². The molecule has 22 N–H and O–H groups in total. The predicted molar refractivity (Wildman–Crippen MR) is 434 cm³/mol. The lowest BCUT2D eigenvalue weighted by Crippen LogP contribution is -2.62. The number of unbranched alkanes of at least 4 members (excludes halogenated alkanes) is 2. The van der Waals surface area contributed by atoms with Gasteiger partial charge in [0.25, 0.3) is 11.8 Å². The van der Waals surface area contributed by atoms with Gasteiger partial charge in [-0.05, 0) is 174 Å². The third kappa shape index (κ3) is 36.9. The summed E-state index contributed by atoms with van der Waals surface area (Å²) in [5.74, 6) is -12.7. The number of rotatable bonds is 55. The van der Waals surface area contributed by atoms with Crippen LogP contribution in [0.3, 0.4) is 0 Å². The van der Waals surface area contributed by atoms with Gasteiger partial charge in [-0.1, -0.05) is 142 Å². The van der Waals surface area contributed by atoms with Gasteiger partial charge in [0.15, 0.2) is 0 Å². The van der Waals surface area contributed by atoms with E-state index in [0.29, 0.717) is 49.8 Å². The molecule has 0 aliphatic heterocycles. The molecule has 0 bridgehead atoms. The van der Waals surface area contributed by atoms with Crippen molar-refractivity contribution in [1.82, 2.24) is 69.1 Å². The summed E-state index contributed by atoms with van der Waals surface area (Å²) < 4.78 is 0. The number of amides is 13. The van der Waals surface area contributed by atoms with Gasteiger partial charge in [-0.15, -0.1) is 0 Å². The van der Waals surface area contributed by atoms with Gasteiger partial charge in [0, 0.05) is 6.42 Å². The number of hydrogen-bond acceptors (Lipinski definition) is 20. The lowest BCUT2D eigenvalue weighted by atomic mass is 9.95. The monoisotopic (exact) mass is 1600 g/mol. The molecule has 15 atom stereocenters. The molecule has 1 rings (SSSR count). The van der Waals surface area contributed by atoms with Crippen LogP contribution in [0.15, 0.2) is 36.0 Å². The molecule has 1 aromatic rings. The van der Waals surface area contributed by atoms with E-state index in [4.69, 9.17) is 17.2 Å². The van der Waals surface area contributed by atoms with Gasteiger partial charge >= 0.3 is 0 Å². The van der Waals surface area contributed by atoms with Crippen LogP contribution < -0.4 is 86.3 Å². The quantitative estimate of drug-likeness (QED) is 0.0326. The first-order valence-corrected chi connectivity index (χ1v) is 41.4. The number of thioether (sulfide) groups is 1. The Morgan fingerprint density at radius 1 is 0.411 bits per heavy atom. The molecule has 112 heavy (non-hydrogen) atoms. The Kier molecular flexibility index (Phi) is 49.1. The van der Waals surface area contributed by atoms with E-state index in [1.807, 2.05) is 41.5 Å². The first-order chi connectivity index (χ1) is 52.7. The van der Waals surface area contributed by atoms with E-state index in [0.717, 1.165) is 0 Å². The van der Waals surface area contributed by atoms with Crippen molar-refractivity contribution in [2.75, 3.05) is 38.2 Å². The number of carbonyl (C=O) groups excluding carboxylic acids is 13. The standard InChI is InChI=1S/C79H140N16O16S/c1-19-49(16)65(95-71(103)56(29-26-37-82)84-69(101)57(34-38-112-18)86-67(99)53(21-3)83-79(111)66(98)50(17)20-2)78(110)94-64(48(14)15)77(109)93-63(47(12)13)75(107)87-55(28-23-25-36-81)70(102)92-62(46(10)11)76(108)90-59(40-44(6)7)72(104)85-54(27-22-24-35-80)68(100)89-60(41-51-30-32-52(97)33-31-51)74(106)88-58(39-43(4)5)73(105)91-61(42-96)45(8)9/h21,30-33,43-50,54-66,96-98H,19-20,22-29,34-42,80-82H2,1-18H3,(H,83,111)(H,84,101)(H,85,104)(H,86,99)(H,87,107)(H,88,106)(H,89,100)(H,90,108)(H,91,105)(H,92,102)(H,93,109)(H,94,110)(H,95,103)/b53-21-/t49-,50-,54?,55?,56+,57-,58?,59?,60+,61+,62-,63-,64-,65-,66-/m0/s1. The van der Waals surface area contributed by atoms with Crippen LogP contribution in [0.4, 0.5) is 0 Å². The maximum atomic E-state index is 14.7. The van der Waals surface area contributed by atoms with Crippen molar-refractivity contribution in [1.29, 1.82) is 0 Å². The molecule has 13 amide bonds. The molecule has 32 nitrogen and oxygen atoms in total. The van der Waals surface area contributed by atoms with Crippen molar-refractivity contribution in [3.05, 3.63) is 41.6 Å². The number of allylic oxidation sites excluding steroid dienone is 1. The predicted octanol–water partition coefficient (Wildman–Crippen LogP) is 1.68. The van der Waals surface area contributed by atoms with Gasteiger partial charge in [-0.3, -0.25) is 62.3 Å². The minimum atomic E-state index is -1.40. The van der Waals surface area contributed by atoms with Gasteiger partial charge < -0.3 is 102 Å². The molecular formula is C79H140N16O16S. The van der Waals surface area contributed by atoms with E-state index in [1.165, 1.54) is 36.9 Å². The average Bonchev–Trinajstić information content (AvgIpc) is 0.850. The Bertz CT molecular complexity index is 3160. The Hall–Kier alpha value is -7.98. The second-order valence-corrected chi connectivity index (χ2v) is 32.4. The van der Waals surface area contributed by atoms with Crippen molar-refractivity contribution in [3.63, 3.8) is 0 Å². The van der Waals surface area contributed by atoms with Crippen LogP contribution in [-0.4, -0.2) is 209 Å². The van der Waals surface area contributed by atoms with Gasteiger partial charge in [0.05, 0.1) is 12.6 Å². The SMILES string of the molecule is C/C=C(\NC(=O)[C@@H](O)[C@@H](C)CC)C(=O)N[C@@H](CCSC)C(=O)N[C@H](CCCN)C(=O)N[C@H](C(=O)N[C@H](C(=O)N[C@H](C(=O)NC(CCCCN)C(=O)N[C@H](C(=O)NC(CC(C)C)C(=O)NC(CCCCN)C(=O)N[C@H](Cc1ccc(O)cc1)C(=O)NC(CC(C)C)C(=O)N[C@H](CO)C(C)C)C(C)C)C(C)C)C(C)C)[C@@H](C)CC. The molecule has 0 saturated carbocycles. The van der Waals surface area contributed by atoms with E-state index in [2.05, 4.69) is 69.1 Å². The number of phenolic OH excluding ortho intramolecular Hbond substituents is 1. The zero-order valence-electron chi connectivity index (χ0n) is 69.7. The summed E-state index contributed by atoms with van der Waals surface area (Å²) in [6, 6.07) is -8.63. The van der Waals surface area contributed by atoms with E-state index in [9.17, 15) is 77.6 Å². The Balaban J connectivity index is 3.64. The number of nitrogens with two attached hydrogens (primary N) is 3. The van der Waals surface area contributed by atoms with E-state index in [-0.39, 0.29) is 107 Å². The highest BCUT2D eigenvalue weighted by Gasteiger charge is 2.40. The highest BCUT2D eigenvalue weighted by atomic mass is 32.2. The molecule has 0 radical (unpaired) electrons. The summed E-state index contributed by atoms with van der Waals surface area (Å²) in [7, 11) is 0. The molecule has 0 spiro atoms. The zero-order valence-corrected chi connectivity index (χ0v) is 70.6. The minimum absolute atomic E-state index is 0.0222. The summed E-state index contributed by atoms with van der Waals surface area (Å²) in [5, 5.41) is 66.3. The van der Waals surface area contributed by atoms with Crippen LogP contribution >= 0.6 is 11.8 Å². The Morgan fingerprint density at radius 2 is 0.759 bits per heavy atom. The summed E-state index contributed by atoms with van der Waals surface area (Å²) in [6.07, 6.45) is 4.78. The van der Waals surface area contributed by atoms with Crippen LogP contribution in [0.2, 0.25) is 0 Å². The second kappa shape index (κ2) is 53.9. The number of hydrogen-bond donors (Lipinski definition) is 19. The topological polar surface area (TPSA) is 517 Å².